The summed E-state index contributed by atoms with van der Waals surface area (Å²) in [5.41, 5.74) is 8.70. The quantitative estimate of drug-likeness (QED) is 0.464. The van der Waals surface area contributed by atoms with Crippen LogP contribution in [0.15, 0.2) is 46.6 Å². The summed E-state index contributed by atoms with van der Waals surface area (Å²) in [5, 5.41) is 0.890. The number of thioether (sulfide) groups is 1. The third-order valence-corrected chi connectivity index (χ3v) is 8.45. The number of aromatic nitrogens is 2. The number of carbonyl (C=O) groups is 1. The van der Waals surface area contributed by atoms with Crippen LogP contribution in [0.5, 0.6) is 0 Å². The highest BCUT2D eigenvalue weighted by Crippen LogP contribution is 2.44. The summed E-state index contributed by atoms with van der Waals surface area (Å²) in [5.74, 6) is 0.616. The fourth-order valence-electron chi connectivity index (χ4n) is 5.12. The van der Waals surface area contributed by atoms with Gasteiger partial charge in [0.15, 0.2) is 0 Å². The Kier molecular flexibility index (Phi) is 7.76. The van der Waals surface area contributed by atoms with Crippen molar-refractivity contribution in [2.24, 2.45) is 5.73 Å². The first-order chi connectivity index (χ1) is 18.3. The Morgan fingerprint density at radius 3 is 2.76 bits per heavy atom. The van der Waals surface area contributed by atoms with E-state index in [9.17, 15) is 14.0 Å². The van der Waals surface area contributed by atoms with E-state index in [1.807, 2.05) is 13.0 Å². The van der Waals surface area contributed by atoms with E-state index in [-0.39, 0.29) is 22.7 Å². The lowest BCUT2D eigenvalue weighted by Gasteiger charge is -2.35. The van der Waals surface area contributed by atoms with Gasteiger partial charge in [-0.1, -0.05) is 24.2 Å². The number of nitrogens with zero attached hydrogens (tertiary/aromatic N) is 4. The zero-order valence-corrected chi connectivity index (χ0v) is 22.7. The van der Waals surface area contributed by atoms with Gasteiger partial charge < -0.3 is 20.3 Å². The van der Waals surface area contributed by atoms with Gasteiger partial charge in [-0.2, -0.15) is 4.98 Å². The molecule has 200 valence electrons. The number of hydrogen-bond donors (Lipinski definition) is 1. The van der Waals surface area contributed by atoms with Crippen LogP contribution in [0.3, 0.4) is 0 Å². The highest BCUT2D eigenvalue weighted by Gasteiger charge is 2.29. The van der Waals surface area contributed by atoms with Gasteiger partial charge >= 0.3 is 5.69 Å². The second-order valence-electron chi connectivity index (χ2n) is 9.36. The van der Waals surface area contributed by atoms with Gasteiger partial charge in [0.2, 0.25) is 5.91 Å². The van der Waals surface area contributed by atoms with Gasteiger partial charge in [0.1, 0.15) is 11.6 Å². The molecule has 1 amide bonds. The molecular weight excluding hydrogens is 529 g/mol. The highest BCUT2D eigenvalue weighted by atomic mass is 35.5. The topological polar surface area (TPSA) is 93.7 Å². The van der Waals surface area contributed by atoms with Crippen LogP contribution < -0.4 is 16.3 Å². The molecule has 3 aromatic rings. The van der Waals surface area contributed by atoms with Gasteiger partial charge in [-0.05, 0) is 42.3 Å². The number of piperazine rings is 1. The van der Waals surface area contributed by atoms with E-state index in [4.69, 9.17) is 22.1 Å². The average Bonchev–Trinajstić information content (AvgIpc) is 3.11. The number of anilines is 1. The molecular formula is C27H29ClFN5O3S. The highest BCUT2D eigenvalue weighted by molar-refractivity contribution is 7.99. The lowest BCUT2D eigenvalue weighted by atomic mass is 9.97. The smallest absolute Gasteiger partial charge is 0.350 e. The summed E-state index contributed by atoms with van der Waals surface area (Å²) in [4.78, 5) is 34.8. The van der Waals surface area contributed by atoms with Crippen molar-refractivity contribution in [3.8, 4) is 11.1 Å². The number of ether oxygens (including phenoxy) is 1. The standard InChI is InChI=1S/C27H29ClFN5O3S/c1-3-22(35)32-7-9-33(10-8-32)26-19-12-16(2)23(17-4-5-21(29)20(28)13-17)25-24(19)34(27(36)31-26)14-18(15-38-25)37-11-6-30/h3-5,12-13,18H,1,6-11,14-15,30H2,2H3. The Labute approximate surface area is 229 Å². The predicted molar refractivity (Wildman–Crippen MR) is 150 cm³/mol. The summed E-state index contributed by atoms with van der Waals surface area (Å²) in [7, 11) is 0. The molecule has 2 aliphatic heterocycles. The number of rotatable bonds is 6. The van der Waals surface area contributed by atoms with E-state index in [0.29, 0.717) is 57.4 Å². The molecule has 5 rings (SSSR count). The molecule has 0 saturated carbocycles. The Morgan fingerprint density at radius 2 is 2.08 bits per heavy atom. The first kappa shape index (κ1) is 26.7. The molecule has 0 spiro atoms. The third-order valence-electron chi connectivity index (χ3n) is 6.94. The number of carbonyl (C=O) groups excluding carboxylic acids is 1. The van der Waals surface area contributed by atoms with Crippen LogP contribution in [0.4, 0.5) is 10.2 Å². The second kappa shape index (κ2) is 11.1. The van der Waals surface area contributed by atoms with Gasteiger partial charge in [0.05, 0.1) is 29.8 Å². The van der Waals surface area contributed by atoms with Crippen molar-refractivity contribution in [2.75, 3.05) is 50.0 Å². The molecule has 2 aromatic carbocycles. The van der Waals surface area contributed by atoms with Gasteiger partial charge in [-0.3, -0.25) is 9.36 Å². The SMILES string of the molecule is C=CC(=O)N1CCN(c2nc(=O)n3c4c(c(-c5ccc(F)c(Cl)c5)c(C)cc24)SCC(OCCN)C3)CC1. The minimum atomic E-state index is -0.486. The summed E-state index contributed by atoms with van der Waals surface area (Å²) in [6, 6.07) is 6.72. The van der Waals surface area contributed by atoms with E-state index < -0.39 is 5.82 Å². The van der Waals surface area contributed by atoms with Crippen LogP contribution >= 0.6 is 23.4 Å². The van der Waals surface area contributed by atoms with E-state index in [0.717, 1.165) is 32.5 Å². The van der Waals surface area contributed by atoms with Crippen LogP contribution in [-0.4, -0.2) is 71.5 Å². The van der Waals surface area contributed by atoms with Gasteiger partial charge in [-0.25, -0.2) is 9.18 Å². The molecule has 0 aliphatic carbocycles. The Hall–Kier alpha value is -2.92. The zero-order chi connectivity index (χ0) is 27.0. The Bertz CT molecular complexity index is 1470. The maximum atomic E-state index is 14.0. The molecule has 0 bridgehead atoms. The monoisotopic (exact) mass is 557 g/mol. The van der Waals surface area contributed by atoms with Gasteiger partial charge in [0, 0.05) is 54.3 Å². The fourth-order valence-corrected chi connectivity index (χ4v) is 6.63. The zero-order valence-electron chi connectivity index (χ0n) is 21.1. The predicted octanol–water partition coefficient (Wildman–Crippen LogP) is 3.45. The van der Waals surface area contributed by atoms with E-state index in [1.165, 1.54) is 12.1 Å². The van der Waals surface area contributed by atoms with E-state index in [1.54, 1.807) is 33.4 Å². The second-order valence-corrected chi connectivity index (χ2v) is 10.8. The average molecular weight is 558 g/mol. The Balaban J connectivity index is 1.69. The maximum absolute atomic E-state index is 14.0. The largest absolute Gasteiger partial charge is 0.374 e. The number of halogens is 2. The number of benzene rings is 2. The normalized spacial score (nSPS) is 17.5. The molecule has 0 radical (unpaired) electrons. The Morgan fingerprint density at radius 1 is 1.32 bits per heavy atom. The van der Waals surface area contributed by atoms with E-state index in [2.05, 4.69) is 16.5 Å². The first-order valence-electron chi connectivity index (χ1n) is 12.5. The summed E-state index contributed by atoms with van der Waals surface area (Å²) >= 11 is 7.77. The number of amides is 1. The third kappa shape index (κ3) is 4.93. The van der Waals surface area contributed by atoms with Crippen molar-refractivity contribution >= 4 is 46.0 Å². The first-order valence-corrected chi connectivity index (χ1v) is 13.8. The van der Waals surface area contributed by atoms with Crippen molar-refractivity contribution < 1.29 is 13.9 Å². The minimum absolute atomic E-state index is 0.0386. The molecule has 1 saturated heterocycles. The van der Waals surface area contributed by atoms with Crippen molar-refractivity contribution in [3.63, 3.8) is 0 Å². The lowest BCUT2D eigenvalue weighted by molar-refractivity contribution is -0.126. The minimum Gasteiger partial charge on any atom is -0.374 e. The number of aryl methyl sites for hydroxylation is 1. The molecule has 11 heteroatoms. The van der Waals surface area contributed by atoms with Crippen LogP contribution in [0.1, 0.15) is 5.56 Å². The van der Waals surface area contributed by atoms with Crippen molar-refractivity contribution in [3.05, 3.63) is 63.8 Å². The van der Waals surface area contributed by atoms with Crippen LogP contribution in [0.25, 0.3) is 22.0 Å². The maximum Gasteiger partial charge on any atom is 0.350 e. The van der Waals surface area contributed by atoms with Gasteiger partial charge in [0.25, 0.3) is 0 Å². The van der Waals surface area contributed by atoms with Gasteiger partial charge in [-0.15, -0.1) is 11.8 Å². The molecule has 2 N–H and O–H groups in total. The summed E-state index contributed by atoms with van der Waals surface area (Å²) in [6.45, 7) is 8.81. The molecule has 1 atom stereocenters. The summed E-state index contributed by atoms with van der Waals surface area (Å²) < 4.78 is 21.7. The van der Waals surface area contributed by atoms with Crippen LogP contribution in [0, 0.1) is 12.7 Å². The number of nitrogens with two attached hydrogens (primary N) is 1. The number of hydrogen-bond acceptors (Lipinski definition) is 7. The van der Waals surface area contributed by atoms with Crippen molar-refractivity contribution in [2.45, 2.75) is 24.5 Å². The lowest BCUT2D eigenvalue weighted by Crippen LogP contribution is -2.49. The molecule has 1 aromatic heterocycles. The van der Waals surface area contributed by atoms with Crippen LogP contribution in [-0.2, 0) is 16.1 Å². The van der Waals surface area contributed by atoms with Crippen LogP contribution in [0.2, 0.25) is 5.02 Å². The van der Waals surface area contributed by atoms with Crippen molar-refractivity contribution in [1.29, 1.82) is 0 Å². The molecule has 1 fully saturated rings. The van der Waals surface area contributed by atoms with E-state index >= 15 is 0 Å². The fraction of sp³-hybridized carbons (Fsp3) is 0.370. The molecule has 38 heavy (non-hydrogen) atoms. The van der Waals surface area contributed by atoms with Crippen molar-refractivity contribution in [1.82, 2.24) is 14.5 Å². The molecule has 2 aliphatic rings. The molecule has 3 heterocycles. The molecule has 1 unspecified atom stereocenters. The summed E-state index contributed by atoms with van der Waals surface area (Å²) in [6.07, 6.45) is 1.09. The molecule has 8 nitrogen and oxygen atoms in total.